The Bertz CT molecular complexity index is 289. The predicted octanol–water partition coefficient (Wildman–Crippen LogP) is 1.08. The molecule has 1 aliphatic heterocycles. The summed E-state index contributed by atoms with van der Waals surface area (Å²) >= 11 is 0. The van der Waals surface area contributed by atoms with Gasteiger partial charge < -0.3 is 10.5 Å². The first-order chi connectivity index (χ1) is 6.75. The van der Waals surface area contributed by atoms with Crippen LogP contribution < -0.4 is 5.73 Å². The molecule has 0 amide bonds. The fraction of sp³-hybridized carbons (Fsp3) is 0.700. The zero-order valence-corrected chi connectivity index (χ0v) is 8.52. The Kier molecular flexibility index (Phi) is 2.84. The Morgan fingerprint density at radius 2 is 2.64 bits per heavy atom. The van der Waals surface area contributed by atoms with E-state index in [0.717, 1.165) is 25.1 Å². The van der Waals surface area contributed by atoms with Crippen LogP contribution in [-0.4, -0.2) is 22.5 Å². The summed E-state index contributed by atoms with van der Waals surface area (Å²) in [4.78, 5) is 0. The smallest absolute Gasteiger partial charge is 0.0771 e. The van der Waals surface area contributed by atoms with Crippen molar-refractivity contribution in [2.75, 3.05) is 6.61 Å². The molecule has 0 aromatic carbocycles. The van der Waals surface area contributed by atoms with Crippen LogP contribution in [0.25, 0.3) is 0 Å². The van der Waals surface area contributed by atoms with E-state index in [0.29, 0.717) is 6.10 Å². The average Bonchev–Trinajstić information content (AvgIpc) is 2.75. The molecule has 2 atom stereocenters. The van der Waals surface area contributed by atoms with Crippen molar-refractivity contribution < 1.29 is 4.74 Å². The van der Waals surface area contributed by atoms with Crippen LogP contribution in [0.1, 0.15) is 31.4 Å². The van der Waals surface area contributed by atoms with Crippen molar-refractivity contribution in [3.8, 4) is 0 Å². The summed E-state index contributed by atoms with van der Waals surface area (Å²) in [5.41, 5.74) is 6.84. The molecule has 0 spiro atoms. The topological polar surface area (TPSA) is 53.1 Å². The second-order valence-electron chi connectivity index (χ2n) is 3.92. The Labute approximate surface area is 84.0 Å². The summed E-state index contributed by atoms with van der Waals surface area (Å²) in [5.74, 6) is 0. The Morgan fingerprint density at radius 3 is 3.21 bits per heavy atom. The monoisotopic (exact) mass is 195 g/mol. The van der Waals surface area contributed by atoms with Crippen molar-refractivity contribution in [1.82, 2.24) is 9.78 Å². The highest BCUT2D eigenvalue weighted by Crippen LogP contribution is 2.14. The summed E-state index contributed by atoms with van der Waals surface area (Å²) in [5, 5.41) is 4.26. The molecule has 14 heavy (non-hydrogen) atoms. The first kappa shape index (κ1) is 9.68. The standard InChI is InChI=1S/C10H17N3O/c1-8(11)9-5-12-13(6-9)7-10-3-2-4-14-10/h5-6,8,10H,2-4,7,11H2,1H3. The maximum atomic E-state index is 5.75. The molecule has 2 heterocycles. The van der Waals surface area contributed by atoms with E-state index in [-0.39, 0.29) is 6.04 Å². The van der Waals surface area contributed by atoms with E-state index in [1.54, 1.807) is 0 Å². The van der Waals surface area contributed by atoms with Gasteiger partial charge in [-0.15, -0.1) is 0 Å². The van der Waals surface area contributed by atoms with E-state index in [2.05, 4.69) is 5.10 Å². The van der Waals surface area contributed by atoms with E-state index in [1.807, 2.05) is 24.0 Å². The highest BCUT2D eigenvalue weighted by atomic mass is 16.5. The molecule has 0 radical (unpaired) electrons. The number of rotatable bonds is 3. The molecule has 2 N–H and O–H groups in total. The second-order valence-corrected chi connectivity index (χ2v) is 3.92. The fourth-order valence-corrected chi connectivity index (χ4v) is 1.71. The minimum atomic E-state index is 0.0632. The van der Waals surface area contributed by atoms with Gasteiger partial charge >= 0.3 is 0 Å². The van der Waals surface area contributed by atoms with Gasteiger partial charge in [-0.3, -0.25) is 4.68 Å². The normalized spacial score (nSPS) is 24.0. The molecule has 1 saturated heterocycles. The molecule has 1 aliphatic rings. The van der Waals surface area contributed by atoms with Gasteiger partial charge in [0.05, 0.1) is 18.8 Å². The van der Waals surface area contributed by atoms with Crippen LogP contribution >= 0.6 is 0 Å². The van der Waals surface area contributed by atoms with Crippen LogP contribution in [0.5, 0.6) is 0 Å². The Hall–Kier alpha value is -0.870. The van der Waals surface area contributed by atoms with Crippen LogP contribution in [0.15, 0.2) is 12.4 Å². The third-order valence-electron chi connectivity index (χ3n) is 2.59. The van der Waals surface area contributed by atoms with Crippen LogP contribution in [-0.2, 0) is 11.3 Å². The maximum Gasteiger partial charge on any atom is 0.0771 e. The van der Waals surface area contributed by atoms with Gasteiger partial charge in [-0.05, 0) is 19.8 Å². The van der Waals surface area contributed by atoms with Gasteiger partial charge in [-0.1, -0.05) is 0 Å². The van der Waals surface area contributed by atoms with Gasteiger partial charge in [-0.2, -0.15) is 5.10 Å². The molecule has 1 aromatic rings. The number of hydrogen-bond acceptors (Lipinski definition) is 3. The van der Waals surface area contributed by atoms with Gasteiger partial charge in [0.2, 0.25) is 0 Å². The van der Waals surface area contributed by atoms with Gasteiger partial charge in [0, 0.05) is 24.4 Å². The van der Waals surface area contributed by atoms with E-state index in [9.17, 15) is 0 Å². The lowest BCUT2D eigenvalue weighted by Gasteiger charge is -2.08. The van der Waals surface area contributed by atoms with Crippen LogP contribution in [0.4, 0.5) is 0 Å². The summed E-state index contributed by atoms with van der Waals surface area (Å²) < 4.78 is 7.46. The van der Waals surface area contributed by atoms with Crippen molar-refractivity contribution >= 4 is 0 Å². The van der Waals surface area contributed by atoms with E-state index < -0.39 is 0 Å². The quantitative estimate of drug-likeness (QED) is 0.785. The molecule has 2 unspecified atom stereocenters. The van der Waals surface area contributed by atoms with Crippen molar-refractivity contribution in [1.29, 1.82) is 0 Å². The molecule has 0 bridgehead atoms. The number of hydrogen-bond donors (Lipinski definition) is 1. The molecule has 1 aromatic heterocycles. The minimum Gasteiger partial charge on any atom is -0.376 e. The molecule has 0 aliphatic carbocycles. The van der Waals surface area contributed by atoms with Gasteiger partial charge in [0.1, 0.15) is 0 Å². The van der Waals surface area contributed by atoms with Crippen molar-refractivity contribution in [3.05, 3.63) is 18.0 Å². The molecule has 1 fully saturated rings. The molecular weight excluding hydrogens is 178 g/mol. The number of ether oxygens (including phenoxy) is 1. The van der Waals surface area contributed by atoms with Crippen LogP contribution in [0, 0.1) is 0 Å². The lowest BCUT2D eigenvalue weighted by atomic mass is 10.2. The van der Waals surface area contributed by atoms with Crippen LogP contribution in [0.2, 0.25) is 0 Å². The van der Waals surface area contributed by atoms with E-state index >= 15 is 0 Å². The van der Waals surface area contributed by atoms with Gasteiger partial charge in [0.25, 0.3) is 0 Å². The average molecular weight is 195 g/mol. The summed E-state index contributed by atoms with van der Waals surface area (Å²) in [6.45, 7) is 3.71. The Morgan fingerprint density at radius 1 is 1.79 bits per heavy atom. The lowest BCUT2D eigenvalue weighted by molar-refractivity contribution is 0.0940. The van der Waals surface area contributed by atoms with Crippen molar-refractivity contribution in [2.45, 2.75) is 38.5 Å². The highest BCUT2D eigenvalue weighted by Gasteiger charge is 2.16. The largest absolute Gasteiger partial charge is 0.376 e. The molecule has 0 saturated carbocycles. The van der Waals surface area contributed by atoms with Crippen molar-refractivity contribution in [3.63, 3.8) is 0 Å². The van der Waals surface area contributed by atoms with Gasteiger partial charge in [0.15, 0.2) is 0 Å². The molecule has 4 heteroatoms. The Balaban J connectivity index is 1.95. The van der Waals surface area contributed by atoms with Gasteiger partial charge in [-0.25, -0.2) is 0 Å². The molecular formula is C10H17N3O. The lowest BCUT2D eigenvalue weighted by Crippen LogP contribution is -2.15. The highest BCUT2D eigenvalue weighted by molar-refractivity contribution is 5.08. The fourth-order valence-electron chi connectivity index (χ4n) is 1.71. The second kappa shape index (κ2) is 4.11. The first-order valence-electron chi connectivity index (χ1n) is 5.15. The summed E-state index contributed by atoms with van der Waals surface area (Å²) in [6.07, 6.45) is 6.50. The third-order valence-corrected chi connectivity index (χ3v) is 2.59. The maximum absolute atomic E-state index is 5.75. The zero-order valence-electron chi connectivity index (χ0n) is 8.52. The SMILES string of the molecule is CC(N)c1cnn(CC2CCCO2)c1. The van der Waals surface area contributed by atoms with Crippen molar-refractivity contribution in [2.24, 2.45) is 5.73 Å². The number of nitrogens with zero attached hydrogens (tertiary/aromatic N) is 2. The zero-order chi connectivity index (χ0) is 9.97. The van der Waals surface area contributed by atoms with Crippen LogP contribution in [0.3, 0.4) is 0 Å². The molecule has 4 nitrogen and oxygen atoms in total. The predicted molar refractivity (Wildman–Crippen MR) is 53.8 cm³/mol. The third kappa shape index (κ3) is 2.13. The van der Waals surface area contributed by atoms with E-state index in [1.165, 1.54) is 6.42 Å². The minimum absolute atomic E-state index is 0.0632. The molecule has 78 valence electrons. The summed E-state index contributed by atoms with van der Waals surface area (Å²) in [6, 6.07) is 0.0632. The summed E-state index contributed by atoms with van der Waals surface area (Å²) in [7, 11) is 0. The first-order valence-corrected chi connectivity index (χ1v) is 5.15. The molecule has 2 rings (SSSR count). The number of nitrogens with two attached hydrogens (primary N) is 1. The number of aromatic nitrogens is 2. The van der Waals surface area contributed by atoms with E-state index in [4.69, 9.17) is 10.5 Å².